The largest absolute Gasteiger partial charge is 0.491 e. The third-order valence-corrected chi connectivity index (χ3v) is 2.16. The van der Waals surface area contributed by atoms with Gasteiger partial charge in [-0.3, -0.25) is 0 Å². The Hall–Kier alpha value is -2.50. The molecule has 0 aromatic heterocycles. The topological polar surface area (TPSA) is 78.1 Å². The van der Waals surface area contributed by atoms with Crippen molar-refractivity contribution in [3.05, 3.63) is 36.0 Å². The minimum absolute atomic E-state index is 0.0164. The normalized spacial score (nSPS) is 9.00. The monoisotopic (exact) mass is 257 g/mol. The van der Waals surface area contributed by atoms with E-state index in [0.717, 1.165) is 5.69 Å². The smallest absolute Gasteiger partial charge is 0.145 e. The first-order chi connectivity index (χ1) is 9.30. The molecular weight excluding hydrogens is 242 g/mol. The molecule has 0 spiro atoms. The predicted molar refractivity (Wildman–Crippen MR) is 71.4 cm³/mol. The molecule has 0 heterocycles. The Morgan fingerprint density at radius 2 is 2.11 bits per heavy atom. The molecule has 0 aliphatic heterocycles. The SMILES string of the molecule is CCOCCOc1cccc(NC=C(C#N)C#N)c1. The van der Waals surface area contributed by atoms with E-state index >= 15 is 0 Å². The molecule has 0 atom stereocenters. The van der Waals surface area contributed by atoms with E-state index in [1.54, 1.807) is 18.2 Å². The molecule has 1 aromatic rings. The van der Waals surface area contributed by atoms with E-state index in [2.05, 4.69) is 5.32 Å². The molecule has 19 heavy (non-hydrogen) atoms. The summed E-state index contributed by atoms with van der Waals surface area (Å²) in [4.78, 5) is 0. The zero-order chi connectivity index (χ0) is 13.9. The van der Waals surface area contributed by atoms with E-state index < -0.39 is 0 Å². The van der Waals surface area contributed by atoms with Crippen molar-refractivity contribution >= 4 is 5.69 Å². The Morgan fingerprint density at radius 1 is 1.32 bits per heavy atom. The molecule has 0 fully saturated rings. The molecule has 5 heteroatoms. The van der Waals surface area contributed by atoms with Crippen LogP contribution in [0.5, 0.6) is 5.75 Å². The number of hydrogen-bond acceptors (Lipinski definition) is 5. The molecule has 0 amide bonds. The van der Waals surface area contributed by atoms with Crippen molar-refractivity contribution in [3.63, 3.8) is 0 Å². The number of anilines is 1. The number of ether oxygens (including phenoxy) is 2. The average Bonchev–Trinajstić information content (AvgIpc) is 2.45. The molecule has 0 aliphatic carbocycles. The maximum atomic E-state index is 8.61. The van der Waals surface area contributed by atoms with E-state index in [9.17, 15) is 0 Å². The van der Waals surface area contributed by atoms with Gasteiger partial charge in [0, 0.05) is 24.6 Å². The first-order valence-electron chi connectivity index (χ1n) is 5.87. The average molecular weight is 257 g/mol. The van der Waals surface area contributed by atoms with Crippen LogP contribution in [0.15, 0.2) is 36.0 Å². The van der Waals surface area contributed by atoms with Crippen molar-refractivity contribution in [2.24, 2.45) is 0 Å². The van der Waals surface area contributed by atoms with Crippen LogP contribution in [0, 0.1) is 22.7 Å². The molecule has 1 rings (SSSR count). The first-order valence-corrected chi connectivity index (χ1v) is 5.87. The Kier molecular flexibility index (Phi) is 6.57. The summed E-state index contributed by atoms with van der Waals surface area (Å²) >= 11 is 0. The van der Waals surface area contributed by atoms with Gasteiger partial charge in [0.25, 0.3) is 0 Å². The molecule has 0 unspecified atom stereocenters. The van der Waals surface area contributed by atoms with E-state index in [0.29, 0.717) is 25.6 Å². The molecule has 0 saturated heterocycles. The highest BCUT2D eigenvalue weighted by Gasteiger charge is 1.97. The summed E-state index contributed by atoms with van der Waals surface area (Å²) in [5.74, 6) is 0.702. The quantitative estimate of drug-likeness (QED) is 0.599. The standard InChI is InChI=1S/C14H15N3O2/c1-2-18-6-7-19-14-5-3-4-13(8-14)17-11-12(9-15)10-16/h3-5,8,11,17H,2,6-7H2,1H3. The fourth-order valence-corrected chi connectivity index (χ4v) is 1.28. The fourth-order valence-electron chi connectivity index (χ4n) is 1.28. The third kappa shape index (κ3) is 5.58. The van der Waals surface area contributed by atoms with E-state index in [1.807, 2.05) is 25.1 Å². The highest BCUT2D eigenvalue weighted by molar-refractivity contribution is 5.52. The van der Waals surface area contributed by atoms with Crippen molar-refractivity contribution in [1.82, 2.24) is 0 Å². The van der Waals surface area contributed by atoms with Gasteiger partial charge in [0.2, 0.25) is 0 Å². The molecule has 0 radical (unpaired) electrons. The lowest BCUT2D eigenvalue weighted by molar-refractivity contribution is 0.110. The van der Waals surface area contributed by atoms with Gasteiger partial charge in [-0.05, 0) is 19.1 Å². The van der Waals surface area contributed by atoms with Crippen LogP contribution in [0.4, 0.5) is 5.69 Å². The lowest BCUT2D eigenvalue weighted by Gasteiger charge is -2.08. The van der Waals surface area contributed by atoms with Gasteiger partial charge >= 0.3 is 0 Å². The van der Waals surface area contributed by atoms with Gasteiger partial charge in [-0.2, -0.15) is 10.5 Å². The minimum Gasteiger partial charge on any atom is -0.491 e. The van der Waals surface area contributed by atoms with Crippen molar-refractivity contribution in [2.75, 3.05) is 25.1 Å². The van der Waals surface area contributed by atoms with Gasteiger partial charge < -0.3 is 14.8 Å². The number of nitriles is 2. The van der Waals surface area contributed by atoms with Crippen molar-refractivity contribution in [3.8, 4) is 17.9 Å². The van der Waals surface area contributed by atoms with Crippen molar-refractivity contribution in [1.29, 1.82) is 10.5 Å². The Balaban J connectivity index is 2.55. The molecule has 0 bridgehead atoms. The van der Waals surface area contributed by atoms with E-state index in [4.69, 9.17) is 20.0 Å². The lowest BCUT2D eigenvalue weighted by Crippen LogP contribution is -2.06. The van der Waals surface area contributed by atoms with Gasteiger partial charge in [0.05, 0.1) is 6.61 Å². The van der Waals surface area contributed by atoms with Crippen LogP contribution in [0.2, 0.25) is 0 Å². The summed E-state index contributed by atoms with van der Waals surface area (Å²) in [6.07, 6.45) is 1.36. The highest BCUT2D eigenvalue weighted by Crippen LogP contribution is 2.17. The second kappa shape index (κ2) is 8.57. The van der Waals surface area contributed by atoms with Crippen molar-refractivity contribution in [2.45, 2.75) is 6.92 Å². The maximum absolute atomic E-state index is 8.61. The second-order valence-electron chi connectivity index (χ2n) is 3.50. The van der Waals surface area contributed by atoms with Crippen LogP contribution >= 0.6 is 0 Å². The van der Waals surface area contributed by atoms with Crippen LogP contribution in [0.25, 0.3) is 0 Å². The van der Waals surface area contributed by atoms with Crippen LogP contribution in [-0.4, -0.2) is 19.8 Å². The Morgan fingerprint density at radius 3 is 2.79 bits per heavy atom. The minimum atomic E-state index is 0.0164. The van der Waals surface area contributed by atoms with E-state index in [-0.39, 0.29) is 5.57 Å². The van der Waals surface area contributed by atoms with Crippen LogP contribution < -0.4 is 10.1 Å². The summed E-state index contributed by atoms with van der Waals surface area (Å²) < 4.78 is 10.7. The molecule has 1 N–H and O–H groups in total. The van der Waals surface area contributed by atoms with Crippen LogP contribution in [0.3, 0.4) is 0 Å². The number of nitrogens with zero attached hydrogens (tertiary/aromatic N) is 2. The molecule has 0 aliphatic rings. The number of nitrogens with one attached hydrogen (secondary N) is 1. The predicted octanol–water partition coefficient (Wildman–Crippen LogP) is 2.44. The molecule has 5 nitrogen and oxygen atoms in total. The van der Waals surface area contributed by atoms with Crippen LogP contribution in [0.1, 0.15) is 6.92 Å². The Labute approximate surface area is 112 Å². The first kappa shape index (κ1) is 14.6. The Bertz CT molecular complexity index is 496. The lowest BCUT2D eigenvalue weighted by atomic mass is 10.3. The van der Waals surface area contributed by atoms with Gasteiger partial charge in [-0.15, -0.1) is 0 Å². The van der Waals surface area contributed by atoms with Crippen molar-refractivity contribution < 1.29 is 9.47 Å². The number of allylic oxidation sites excluding steroid dienone is 1. The molecule has 98 valence electrons. The summed E-state index contributed by atoms with van der Waals surface area (Å²) in [5.41, 5.74) is 0.763. The van der Waals surface area contributed by atoms with E-state index in [1.165, 1.54) is 6.20 Å². The summed E-state index contributed by atoms with van der Waals surface area (Å²) in [6, 6.07) is 10.8. The summed E-state index contributed by atoms with van der Waals surface area (Å²) in [7, 11) is 0. The zero-order valence-electron chi connectivity index (χ0n) is 10.7. The number of benzene rings is 1. The number of rotatable bonds is 7. The van der Waals surface area contributed by atoms with Gasteiger partial charge in [-0.1, -0.05) is 6.07 Å². The maximum Gasteiger partial charge on any atom is 0.145 e. The second-order valence-corrected chi connectivity index (χ2v) is 3.50. The molecule has 0 saturated carbocycles. The van der Waals surface area contributed by atoms with Gasteiger partial charge in [-0.25, -0.2) is 0 Å². The fraction of sp³-hybridized carbons (Fsp3) is 0.286. The van der Waals surface area contributed by atoms with Gasteiger partial charge in [0.15, 0.2) is 0 Å². The number of hydrogen-bond donors (Lipinski definition) is 1. The zero-order valence-corrected chi connectivity index (χ0v) is 10.7. The highest BCUT2D eigenvalue weighted by atomic mass is 16.5. The summed E-state index contributed by atoms with van der Waals surface area (Å²) in [5, 5.41) is 20.1. The van der Waals surface area contributed by atoms with Gasteiger partial charge in [0.1, 0.15) is 30.1 Å². The third-order valence-electron chi connectivity index (χ3n) is 2.16. The molecular formula is C14H15N3O2. The molecule has 1 aromatic carbocycles. The summed E-state index contributed by atoms with van der Waals surface area (Å²) in [6.45, 7) is 3.62. The van der Waals surface area contributed by atoms with Crippen LogP contribution in [-0.2, 0) is 4.74 Å².